The molecule has 1 aromatic heterocycles. The van der Waals surface area contributed by atoms with Crippen LogP contribution in [0.5, 0.6) is 0 Å². The SMILES string of the molecule is O=C1CCCC(O)=C1C(=O)c1cnc(-c2ccccc2)n(Cc2ccccc2)c1=O. The first kappa shape index (κ1) is 19.5. The second kappa shape index (κ2) is 8.29. The smallest absolute Gasteiger partial charge is 0.265 e. The molecule has 1 heterocycles. The van der Waals surface area contributed by atoms with E-state index >= 15 is 0 Å². The number of aromatic nitrogens is 2. The molecule has 0 spiro atoms. The predicted octanol–water partition coefficient (Wildman–Crippen LogP) is 3.71. The number of hydrogen-bond acceptors (Lipinski definition) is 5. The highest BCUT2D eigenvalue weighted by atomic mass is 16.3. The average molecular weight is 400 g/mol. The quantitative estimate of drug-likeness (QED) is 0.521. The van der Waals surface area contributed by atoms with Crippen LogP contribution in [0.25, 0.3) is 11.4 Å². The first-order chi connectivity index (χ1) is 14.6. The van der Waals surface area contributed by atoms with Crippen molar-refractivity contribution >= 4 is 11.6 Å². The van der Waals surface area contributed by atoms with E-state index in [1.54, 1.807) is 0 Å². The van der Waals surface area contributed by atoms with Crippen LogP contribution in [-0.2, 0) is 11.3 Å². The van der Waals surface area contributed by atoms with E-state index in [0.717, 1.165) is 11.1 Å². The van der Waals surface area contributed by atoms with E-state index in [4.69, 9.17) is 0 Å². The van der Waals surface area contributed by atoms with Crippen molar-refractivity contribution < 1.29 is 14.7 Å². The molecule has 0 atom stereocenters. The topological polar surface area (TPSA) is 89.3 Å². The molecule has 150 valence electrons. The lowest BCUT2D eigenvalue weighted by atomic mass is 9.91. The summed E-state index contributed by atoms with van der Waals surface area (Å²) < 4.78 is 1.43. The van der Waals surface area contributed by atoms with Crippen molar-refractivity contribution in [1.29, 1.82) is 0 Å². The van der Waals surface area contributed by atoms with Gasteiger partial charge in [0.25, 0.3) is 5.56 Å². The van der Waals surface area contributed by atoms with Crippen LogP contribution < -0.4 is 5.56 Å². The van der Waals surface area contributed by atoms with Crippen molar-refractivity contribution in [2.24, 2.45) is 0 Å². The lowest BCUT2D eigenvalue weighted by Crippen LogP contribution is -2.31. The summed E-state index contributed by atoms with van der Waals surface area (Å²) in [6, 6.07) is 18.6. The van der Waals surface area contributed by atoms with E-state index in [9.17, 15) is 19.5 Å². The average Bonchev–Trinajstić information content (AvgIpc) is 2.76. The molecule has 0 saturated heterocycles. The van der Waals surface area contributed by atoms with Crippen molar-refractivity contribution in [2.75, 3.05) is 0 Å². The fraction of sp³-hybridized carbons (Fsp3) is 0.167. The highest BCUT2D eigenvalue weighted by molar-refractivity contribution is 6.26. The van der Waals surface area contributed by atoms with Crippen LogP contribution in [0.4, 0.5) is 0 Å². The molecule has 0 aliphatic heterocycles. The number of allylic oxidation sites excluding steroid dienone is 2. The maximum Gasteiger partial charge on any atom is 0.265 e. The third kappa shape index (κ3) is 3.72. The van der Waals surface area contributed by atoms with Gasteiger partial charge in [-0.15, -0.1) is 0 Å². The first-order valence-electron chi connectivity index (χ1n) is 9.75. The number of aliphatic hydroxyl groups excluding tert-OH is 1. The van der Waals surface area contributed by atoms with Gasteiger partial charge >= 0.3 is 0 Å². The van der Waals surface area contributed by atoms with Crippen molar-refractivity contribution in [2.45, 2.75) is 25.8 Å². The highest BCUT2D eigenvalue weighted by Crippen LogP contribution is 2.23. The second-order valence-corrected chi connectivity index (χ2v) is 7.17. The Kier molecular flexibility index (Phi) is 5.39. The van der Waals surface area contributed by atoms with Crippen LogP contribution in [-0.4, -0.2) is 26.2 Å². The Morgan fingerprint density at radius 2 is 1.63 bits per heavy atom. The van der Waals surface area contributed by atoms with Gasteiger partial charge in [0, 0.05) is 24.6 Å². The molecule has 0 unspecified atom stereocenters. The number of carbonyl (C=O) groups is 2. The minimum atomic E-state index is -0.767. The zero-order chi connectivity index (χ0) is 21.1. The van der Waals surface area contributed by atoms with Gasteiger partial charge in [-0.2, -0.15) is 0 Å². The normalized spacial score (nSPS) is 14.1. The van der Waals surface area contributed by atoms with E-state index in [-0.39, 0.29) is 36.3 Å². The van der Waals surface area contributed by atoms with Gasteiger partial charge in [0.2, 0.25) is 5.78 Å². The summed E-state index contributed by atoms with van der Waals surface area (Å²) in [7, 11) is 0. The maximum absolute atomic E-state index is 13.4. The fourth-order valence-corrected chi connectivity index (χ4v) is 3.60. The molecule has 1 aliphatic carbocycles. The summed E-state index contributed by atoms with van der Waals surface area (Å²) in [6.45, 7) is 0.219. The van der Waals surface area contributed by atoms with Crippen molar-refractivity contribution in [3.63, 3.8) is 0 Å². The van der Waals surface area contributed by atoms with Crippen molar-refractivity contribution in [3.8, 4) is 11.4 Å². The third-order valence-corrected chi connectivity index (χ3v) is 5.12. The Bertz CT molecular complexity index is 1190. The zero-order valence-corrected chi connectivity index (χ0v) is 16.2. The summed E-state index contributed by atoms with van der Waals surface area (Å²) in [6.07, 6.45) is 2.13. The predicted molar refractivity (Wildman–Crippen MR) is 112 cm³/mol. The summed E-state index contributed by atoms with van der Waals surface area (Å²) in [5.41, 5.74) is 0.553. The van der Waals surface area contributed by atoms with Gasteiger partial charge < -0.3 is 5.11 Å². The Morgan fingerprint density at radius 3 is 2.30 bits per heavy atom. The molecule has 0 fully saturated rings. The molecule has 0 saturated carbocycles. The van der Waals surface area contributed by atoms with E-state index < -0.39 is 17.1 Å². The number of Topliss-reactive ketones (excluding diaryl/α,β-unsaturated/α-hetero) is 2. The van der Waals surface area contributed by atoms with Crippen LogP contribution in [0.1, 0.15) is 35.2 Å². The molecule has 1 N–H and O–H groups in total. The number of aliphatic hydroxyl groups is 1. The monoisotopic (exact) mass is 400 g/mol. The van der Waals surface area contributed by atoms with Gasteiger partial charge in [-0.1, -0.05) is 60.7 Å². The molecule has 0 radical (unpaired) electrons. The Balaban J connectivity index is 1.86. The van der Waals surface area contributed by atoms with Gasteiger partial charge in [-0.3, -0.25) is 19.0 Å². The van der Waals surface area contributed by atoms with Crippen LogP contribution in [0, 0.1) is 0 Å². The van der Waals surface area contributed by atoms with E-state index in [1.807, 2.05) is 60.7 Å². The summed E-state index contributed by atoms with van der Waals surface area (Å²) in [5.74, 6) is -1.03. The molecule has 30 heavy (non-hydrogen) atoms. The summed E-state index contributed by atoms with van der Waals surface area (Å²) >= 11 is 0. The molecule has 1 aliphatic rings. The number of rotatable bonds is 5. The molecule has 0 amide bonds. The number of nitrogens with zero attached hydrogens (tertiary/aromatic N) is 2. The van der Waals surface area contributed by atoms with Gasteiger partial charge in [0.15, 0.2) is 5.78 Å². The second-order valence-electron chi connectivity index (χ2n) is 7.17. The number of hydrogen-bond donors (Lipinski definition) is 1. The highest BCUT2D eigenvalue weighted by Gasteiger charge is 2.30. The first-order valence-corrected chi connectivity index (χ1v) is 9.75. The summed E-state index contributed by atoms with van der Waals surface area (Å²) in [5, 5.41) is 10.1. The van der Waals surface area contributed by atoms with Crippen LogP contribution in [0.15, 0.2) is 83.0 Å². The Hall–Kier alpha value is -3.80. The van der Waals surface area contributed by atoms with Crippen LogP contribution >= 0.6 is 0 Å². The molecular weight excluding hydrogens is 380 g/mol. The minimum absolute atomic E-state index is 0.179. The maximum atomic E-state index is 13.4. The third-order valence-electron chi connectivity index (χ3n) is 5.12. The number of benzene rings is 2. The Labute approximate surface area is 173 Å². The molecule has 0 bridgehead atoms. The molecule has 6 heteroatoms. The lowest BCUT2D eigenvalue weighted by molar-refractivity contribution is -0.116. The van der Waals surface area contributed by atoms with Crippen molar-refractivity contribution in [3.05, 3.63) is 99.7 Å². The number of carbonyl (C=O) groups excluding carboxylic acids is 2. The van der Waals surface area contributed by atoms with Gasteiger partial charge in [-0.25, -0.2) is 4.98 Å². The van der Waals surface area contributed by atoms with Crippen LogP contribution in [0.3, 0.4) is 0 Å². The van der Waals surface area contributed by atoms with Crippen LogP contribution in [0.2, 0.25) is 0 Å². The summed E-state index contributed by atoms with van der Waals surface area (Å²) in [4.78, 5) is 43.0. The zero-order valence-electron chi connectivity index (χ0n) is 16.2. The van der Waals surface area contributed by atoms with E-state index in [2.05, 4.69) is 4.98 Å². The molecular formula is C24H20N2O4. The lowest BCUT2D eigenvalue weighted by Gasteiger charge is -2.16. The van der Waals surface area contributed by atoms with Crippen molar-refractivity contribution in [1.82, 2.24) is 9.55 Å². The van der Waals surface area contributed by atoms with Gasteiger partial charge in [-0.05, 0) is 12.0 Å². The Morgan fingerprint density at radius 1 is 0.967 bits per heavy atom. The minimum Gasteiger partial charge on any atom is -0.511 e. The molecule has 3 aromatic rings. The fourth-order valence-electron chi connectivity index (χ4n) is 3.60. The van der Waals surface area contributed by atoms with Gasteiger partial charge in [0.1, 0.15) is 22.7 Å². The largest absolute Gasteiger partial charge is 0.511 e. The van der Waals surface area contributed by atoms with E-state index in [1.165, 1.54) is 10.8 Å². The molecule has 2 aromatic carbocycles. The number of ketones is 2. The molecule has 6 nitrogen and oxygen atoms in total. The van der Waals surface area contributed by atoms with Gasteiger partial charge in [0.05, 0.1) is 6.54 Å². The molecule has 4 rings (SSSR count). The van der Waals surface area contributed by atoms with E-state index in [0.29, 0.717) is 12.2 Å². The standard InChI is InChI=1S/C24H20N2O4/c27-19-12-7-13-20(28)21(19)22(29)18-14-25-23(17-10-5-2-6-11-17)26(24(18)30)15-16-8-3-1-4-9-16/h1-6,8-11,14,27H,7,12-13,15H2.